The Morgan fingerprint density at radius 3 is 2.56 bits per heavy atom. The first-order valence-corrected chi connectivity index (χ1v) is 8.18. The molecule has 134 valence electrons. The first kappa shape index (κ1) is 16.5. The van der Waals surface area contributed by atoms with Crippen molar-refractivity contribution in [3.8, 4) is 0 Å². The quantitative estimate of drug-likeness (QED) is 0.776. The molecule has 1 aromatic carbocycles. The van der Waals surface area contributed by atoms with Crippen LogP contribution in [0.3, 0.4) is 0 Å². The van der Waals surface area contributed by atoms with Crippen LogP contribution >= 0.6 is 0 Å². The number of fused-ring (bicyclic) bond motifs is 2. The fourth-order valence-electron chi connectivity index (χ4n) is 3.48. The molecule has 4 rings (SSSR count). The van der Waals surface area contributed by atoms with Gasteiger partial charge in [-0.1, -0.05) is 30.3 Å². The predicted octanol–water partition coefficient (Wildman–Crippen LogP) is 0.658. The lowest BCUT2D eigenvalue weighted by Gasteiger charge is -2.28. The lowest BCUT2D eigenvalue weighted by Crippen LogP contribution is -2.56. The molecule has 3 heterocycles. The molecular formula is C17H20N2O6. The fraction of sp³-hybridized carbons (Fsp3) is 0.529. The molecule has 0 unspecified atom stereocenters. The third-order valence-corrected chi connectivity index (χ3v) is 4.49. The van der Waals surface area contributed by atoms with Gasteiger partial charge in [-0.25, -0.2) is 4.79 Å². The molecule has 0 saturated carbocycles. The number of ether oxygens (including phenoxy) is 4. The Balaban J connectivity index is 1.49. The predicted molar refractivity (Wildman–Crippen MR) is 84.2 cm³/mol. The van der Waals surface area contributed by atoms with Gasteiger partial charge in [0.2, 0.25) is 0 Å². The molecule has 1 spiro atoms. The van der Waals surface area contributed by atoms with E-state index in [1.807, 2.05) is 30.3 Å². The molecule has 4 atom stereocenters. The van der Waals surface area contributed by atoms with Gasteiger partial charge in [-0.05, 0) is 19.4 Å². The lowest BCUT2D eigenvalue weighted by atomic mass is 10.0. The van der Waals surface area contributed by atoms with Crippen molar-refractivity contribution >= 4 is 11.9 Å². The number of amides is 3. The number of rotatable bonds is 4. The van der Waals surface area contributed by atoms with Crippen LogP contribution in [0, 0.1) is 0 Å². The van der Waals surface area contributed by atoms with Crippen molar-refractivity contribution < 1.29 is 28.5 Å². The molecule has 0 radical (unpaired) electrons. The van der Waals surface area contributed by atoms with E-state index in [0.29, 0.717) is 6.61 Å². The minimum Gasteiger partial charge on any atom is -0.374 e. The maximum Gasteiger partial charge on any atom is 0.324 e. The van der Waals surface area contributed by atoms with E-state index in [9.17, 15) is 9.59 Å². The number of nitrogens with one attached hydrogen (secondary N) is 2. The van der Waals surface area contributed by atoms with Gasteiger partial charge in [0.15, 0.2) is 5.79 Å². The molecule has 3 saturated heterocycles. The van der Waals surface area contributed by atoms with E-state index in [1.165, 1.54) is 0 Å². The van der Waals surface area contributed by atoms with Crippen LogP contribution < -0.4 is 10.6 Å². The maximum atomic E-state index is 12.3. The molecule has 3 amide bonds. The maximum absolute atomic E-state index is 12.3. The Kier molecular flexibility index (Phi) is 3.80. The van der Waals surface area contributed by atoms with Crippen LogP contribution in [0.4, 0.5) is 4.79 Å². The second kappa shape index (κ2) is 5.77. The molecule has 2 N–H and O–H groups in total. The standard InChI is InChI=1S/C17H20N2O6/c1-16(2)24-12-11(9-22-8-10-6-4-3-5-7-10)23-17(13(12)25-16)14(20)18-15(21)19-17/h3-7,11-13H,8-9H2,1-2H3,(H2,18,19,20,21)/t11-,12-,13-,17+/m1/s1. The number of carbonyl (C=O) groups is 2. The molecule has 1 aromatic rings. The Morgan fingerprint density at radius 1 is 1.12 bits per heavy atom. The van der Waals surface area contributed by atoms with E-state index < -0.39 is 41.8 Å². The van der Waals surface area contributed by atoms with E-state index in [2.05, 4.69) is 10.6 Å². The third-order valence-electron chi connectivity index (χ3n) is 4.49. The average Bonchev–Trinajstić information content (AvgIpc) is 3.12. The summed E-state index contributed by atoms with van der Waals surface area (Å²) < 4.78 is 23.4. The molecule has 0 aliphatic carbocycles. The van der Waals surface area contributed by atoms with Gasteiger partial charge in [-0.2, -0.15) is 0 Å². The summed E-state index contributed by atoms with van der Waals surface area (Å²) in [4.78, 5) is 23.9. The highest BCUT2D eigenvalue weighted by Gasteiger charge is 2.69. The Morgan fingerprint density at radius 2 is 1.88 bits per heavy atom. The number of urea groups is 1. The van der Waals surface area contributed by atoms with Crippen molar-refractivity contribution in [2.75, 3.05) is 6.61 Å². The SMILES string of the molecule is CC1(C)O[C@H]2[C@@H](O1)[C@]1(NC(=O)NC1=O)O[C@@H]2COCc1ccccc1. The molecular weight excluding hydrogens is 328 g/mol. The lowest BCUT2D eigenvalue weighted by molar-refractivity contribution is -0.215. The summed E-state index contributed by atoms with van der Waals surface area (Å²) in [5, 5.41) is 4.75. The average molecular weight is 348 g/mol. The highest BCUT2D eigenvalue weighted by atomic mass is 16.8. The van der Waals surface area contributed by atoms with Crippen LogP contribution in [0.25, 0.3) is 0 Å². The van der Waals surface area contributed by atoms with Crippen molar-refractivity contribution in [3.05, 3.63) is 35.9 Å². The highest BCUT2D eigenvalue weighted by molar-refractivity contribution is 6.06. The summed E-state index contributed by atoms with van der Waals surface area (Å²) in [5.41, 5.74) is -0.543. The minimum absolute atomic E-state index is 0.209. The van der Waals surface area contributed by atoms with E-state index >= 15 is 0 Å². The van der Waals surface area contributed by atoms with Gasteiger partial charge in [0.05, 0.1) is 13.2 Å². The zero-order valence-electron chi connectivity index (χ0n) is 14.0. The molecule has 0 aromatic heterocycles. The highest BCUT2D eigenvalue weighted by Crippen LogP contribution is 2.44. The molecule has 8 heteroatoms. The number of imide groups is 1. The number of hydrogen-bond donors (Lipinski definition) is 2. The molecule has 3 aliphatic heterocycles. The van der Waals surface area contributed by atoms with Crippen molar-refractivity contribution in [2.45, 2.75) is 50.3 Å². The second-order valence-electron chi connectivity index (χ2n) is 6.82. The molecule has 25 heavy (non-hydrogen) atoms. The van der Waals surface area contributed by atoms with Crippen molar-refractivity contribution in [1.82, 2.24) is 10.6 Å². The van der Waals surface area contributed by atoms with Gasteiger partial charge in [0.25, 0.3) is 11.6 Å². The van der Waals surface area contributed by atoms with Gasteiger partial charge >= 0.3 is 6.03 Å². The topological polar surface area (TPSA) is 95.1 Å². The molecule has 8 nitrogen and oxygen atoms in total. The molecule has 3 fully saturated rings. The number of benzene rings is 1. The van der Waals surface area contributed by atoms with Crippen molar-refractivity contribution in [3.63, 3.8) is 0 Å². The summed E-state index contributed by atoms with van der Waals surface area (Å²) >= 11 is 0. The molecule has 0 bridgehead atoms. The third kappa shape index (κ3) is 2.81. The fourth-order valence-corrected chi connectivity index (χ4v) is 3.48. The monoisotopic (exact) mass is 348 g/mol. The van der Waals surface area contributed by atoms with Gasteiger partial charge in [-0.15, -0.1) is 0 Å². The summed E-state index contributed by atoms with van der Waals surface area (Å²) in [6, 6.07) is 9.12. The number of hydrogen-bond acceptors (Lipinski definition) is 6. The first-order chi connectivity index (χ1) is 11.9. The van der Waals surface area contributed by atoms with Crippen LogP contribution in [-0.4, -0.2) is 48.4 Å². The zero-order valence-corrected chi connectivity index (χ0v) is 14.0. The van der Waals surface area contributed by atoms with E-state index in [4.69, 9.17) is 18.9 Å². The van der Waals surface area contributed by atoms with Crippen LogP contribution in [-0.2, 0) is 30.3 Å². The van der Waals surface area contributed by atoms with Crippen LogP contribution in [0.5, 0.6) is 0 Å². The zero-order chi connectivity index (χ0) is 17.7. The van der Waals surface area contributed by atoms with Crippen LogP contribution in [0.15, 0.2) is 30.3 Å². The van der Waals surface area contributed by atoms with Crippen molar-refractivity contribution in [1.29, 1.82) is 0 Å². The Labute approximate surface area is 144 Å². The van der Waals surface area contributed by atoms with Gasteiger partial charge in [0, 0.05) is 0 Å². The van der Waals surface area contributed by atoms with Crippen molar-refractivity contribution in [2.24, 2.45) is 0 Å². The smallest absolute Gasteiger partial charge is 0.324 e. The number of carbonyl (C=O) groups excluding carboxylic acids is 2. The second-order valence-corrected chi connectivity index (χ2v) is 6.82. The normalized spacial score (nSPS) is 35.7. The Hall–Kier alpha value is -2.00. The summed E-state index contributed by atoms with van der Waals surface area (Å²) in [7, 11) is 0. The molecule has 3 aliphatic rings. The van der Waals surface area contributed by atoms with E-state index in [-0.39, 0.29) is 6.61 Å². The Bertz CT molecular complexity index is 694. The van der Waals surface area contributed by atoms with Crippen LogP contribution in [0.1, 0.15) is 19.4 Å². The summed E-state index contributed by atoms with van der Waals surface area (Å²) in [5.74, 6) is -1.45. The largest absolute Gasteiger partial charge is 0.374 e. The summed E-state index contributed by atoms with van der Waals surface area (Å²) in [6.45, 7) is 4.14. The van der Waals surface area contributed by atoms with E-state index in [1.54, 1.807) is 13.8 Å². The van der Waals surface area contributed by atoms with E-state index in [0.717, 1.165) is 5.56 Å². The first-order valence-electron chi connectivity index (χ1n) is 8.18. The van der Waals surface area contributed by atoms with Crippen LogP contribution in [0.2, 0.25) is 0 Å². The minimum atomic E-state index is -1.57. The van der Waals surface area contributed by atoms with Gasteiger partial charge in [0.1, 0.15) is 18.3 Å². The summed E-state index contributed by atoms with van der Waals surface area (Å²) in [6.07, 6.45) is -1.80. The van der Waals surface area contributed by atoms with Gasteiger partial charge in [-0.3, -0.25) is 15.4 Å². The van der Waals surface area contributed by atoms with Gasteiger partial charge < -0.3 is 18.9 Å².